The smallest absolute Gasteiger partial charge is 0.305 e. The first-order valence-electron chi connectivity index (χ1n) is 6.37. The Morgan fingerprint density at radius 2 is 1.95 bits per heavy atom. The molecule has 0 saturated carbocycles. The number of aliphatic carboxylic acids is 1. The summed E-state index contributed by atoms with van der Waals surface area (Å²) < 4.78 is 0. The third kappa shape index (κ3) is 4.22. The van der Waals surface area contributed by atoms with Gasteiger partial charge in [-0.15, -0.1) is 0 Å². The fraction of sp³-hybridized carbons (Fsp3) is 0.133. The molecule has 0 unspecified atom stereocenters. The second-order valence-corrected chi connectivity index (χ2v) is 5.85. The van der Waals surface area contributed by atoms with Crippen LogP contribution in [-0.2, 0) is 9.59 Å². The predicted molar refractivity (Wildman–Crippen MR) is 85.3 cm³/mol. The number of carboxylic acid groups (broad SMARTS) is 1. The van der Waals surface area contributed by atoms with Crippen LogP contribution in [0, 0.1) is 0 Å². The van der Waals surface area contributed by atoms with Gasteiger partial charge in [0.15, 0.2) is 0 Å². The van der Waals surface area contributed by atoms with E-state index in [4.69, 9.17) is 16.7 Å². The minimum atomic E-state index is -1.06. The molecule has 1 fully saturated rings. The zero-order chi connectivity index (χ0) is 16.1. The zero-order valence-electron chi connectivity index (χ0n) is 11.4. The Balaban J connectivity index is 2.12. The third-order valence-electron chi connectivity index (χ3n) is 2.80. The maximum atomic E-state index is 12.1. The molecule has 1 aliphatic heterocycles. The summed E-state index contributed by atoms with van der Waals surface area (Å²) in [4.78, 5) is 35.4. The lowest BCUT2D eigenvalue weighted by molar-refractivity contribution is -0.137. The summed E-state index contributed by atoms with van der Waals surface area (Å²) in [5, 5.41) is 8.45. The van der Waals surface area contributed by atoms with Crippen LogP contribution in [0.2, 0.25) is 0 Å². The van der Waals surface area contributed by atoms with Crippen molar-refractivity contribution >= 4 is 46.6 Å². The highest BCUT2D eigenvalue weighted by Gasteiger charge is 2.35. The Hall–Kier alpha value is -2.05. The van der Waals surface area contributed by atoms with Crippen LogP contribution < -0.4 is 0 Å². The van der Waals surface area contributed by atoms with Crippen molar-refractivity contribution in [3.63, 3.8) is 0 Å². The van der Waals surface area contributed by atoms with Crippen LogP contribution in [0.1, 0.15) is 12.0 Å². The quantitative estimate of drug-likeness (QED) is 0.834. The summed E-state index contributed by atoms with van der Waals surface area (Å²) >= 11 is 6.83. The van der Waals surface area contributed by atoms with Crippen molar-refractivity contribution in [2.24, 2.45) is 0 Å². The number of carboxylic acids is 1. The van der Waals surface area contributed by atoms with Crippen molar-refractivity contribution < 1.29 is 19.5 Å². The molecule has 1 heterocycles. The number of rotatable bonds is 5. The molecule has 2 amide bonds. The fourth-order valence-corrected chi connectivity index (χ4v) is 2.93. The maximum absolute atomic E-state index is 12.1. The molecule has 5 nitrogen and oxygen atoms in total. The van der Waals surface area contributed by atoms with Gasteiger partial charge in [0, 0.05) is 11.6 Å². The van der Waals surface area contributed by atoms with Gasteiger partial charge in [0.05, 0.1) is 11.3 Å². The molecule has 0 aliphatic carbocycles. The fourth-order valence-electron chi connectivity index (χ4n) is 1.78. The number of carbonyl (C=O) groups excluding carboxylic acids is 2. The van der Waals surface area contributed by atoms with E-state index < -0.39 is 17.1 Å². The van der Waals surface area contributed by atoms with Crippen molar-refractivity contribution in [1.29, 1.82) is 0 Å². The van der Waals surface area contributed by atoms with Crippen LogP contribution >= 0.6 is 23.4 Å². The average Bonchev–Trinajstić information content (AvgIpc) is 2.72. The number of hydrogen-bond acceptors (Lipinski definition) is 4. The van der Waals surface area contributed by atoms with Gasteiger partial charge < -0.3 is 5.11 Å². The molecule has 0 spiro atoms. The van der Waals surface area contributed by atoms with Crippen LogP contribution in [0.15, 0.2) is 46.3 Å². The van der Waals surface area contributed by atoms with Crippen LogP contribution in [0.5, 0.6) is 0 Å². The van der Waals surface area contributed by atoms with Crippen molar-refractivity contribution in [3.8, 4) is 0 Å². The van der Waals surface area contributed by atoms with Gasteiger partial charge in [-0.25, -0.2) is 0 Å². The monoisotopic (exact) mass is 337 g/mol. The van der Waals surface area contributed by atoms with Crippen LogP contribution in [0.4, 0.5) is 4.79 Å². The molecule has 1 aromatic rings. The first kappa shape index (κ1) is 16.3. The second kappa shape index (κ2) is 7.29. The lowest BCUT2D eigenvalue weighted by Crippen LogP contribution is -2.30. The van der Waals surface area contributed by atoms with Gasteiger partial charge in [-0.2, -0.15) is 0 Å². The van der Waals surface area contributed by atoms with Crippen molar-refractivity contribution in [2.75, 3.05) is 6.54 Å². The minimum absolute atomic E-state index is 0.142. The normalized spacial score (nSPS) is 17.4. The van der Waals surface area contributed by atoms with Crippen molar-refractivity contribution in [2.45, 2.75) is 6.42 Å². The van der Waals surface area contributed by atoms with E-state index in [1.165, 1.54) is 6.08 Å². The molecule has 0 bridgehead atoms. The number of amides is 2. The standard InChI is InChI=1S/C15H12ClNO4S/c16-11(8-10-4-2-1-3-5-10)9-12-14(20)17(15(21)22-12)7-6-13(18)19/h1-5,8-9H,6-7H2,(H,18,19). The topological polar surface area (TPSA) is 74.7 Å². The third-order valence-corrected chi connectivity index (χ3v) is 3.92. The Morgan fingerprint density at radius 3 is 2.59 bits per heavy atom. The molecule has 1 aromatic carbocycles. The summed E-state index contributed by atoms with van der Waals surface area (Å²) in [6.45, 7) is -0.142. The van der Waals surface area contributed by atoms with Gasteiger partial charge in [0.2, 0.25) is 0 Å². The molecule has 114 valence electrons. The number of hydrogen-bond donors (Lipinski definition) is 1. The Labute approximate surface area is 136 Å². The molecule has 0 radical (unpaired) electrons. The molecule has 1 saturated heterocycles. The molecule has 1 N–H and O–H groups in total. The first-order chi connectivity index (χ1) is 10.5. The minimum Gasteiger partial charge on any atom is -0.481 e. The number of nitrogens with zero attached hydrogens (tertiary/aromatic N) is 1. The molecule has 0 aromatic heterocycles. The van der Waals surface area contributed by atoms with Gasteiger partial charge in [-0.3, -0.25) is 19.3 Å². The predicted octanol–water partition coefficient (Wildman–Crippen LogP) is 3.32. The van der Waals surface area contributed by atoms with E-state index in [1.54, 1.807) is 6.08 Å². The largest absolute Gasteiger partial charge is 0.481 e. The zero-order valence-corrected chi connectivity index (χ0v) is 12.9. The Bertz CT molecular complexity index is 669. The number of imide groups is 1. The lowest BCUT2D eigenvalue weighted by atomic mass is 10.2. The molecule has 22 heavy (non-hydrogen) atoms. The summed E-state index contributed by atoms with van der Waals surface area (Å²) in [6.07, 6.45) is 2.81. The highest BCUT2D eigenvalue weighted by Crippen LogP contribution is 2.32. The van der Waals surface area contributed by atoms with Gasteiger partial charge in [0.1, 0.15) is 0 Å². The summed E-state index contributed by atoms with van der Waals surface area (Å²) in [7, 11) is 0. The van der Waals surface area contributed by atoms with Crippen LogP contribution in [0.25, 0.3) is 6.08 Å². The summed E-state index contributed by atoms with van der Waals surface area (Å²) in [5.41, 5.74) is 0.869. The maximum Gasteiger partial charge on any atom is 0.305 e. The SMILES string of the molecule is O=C(O)CCN1C(=O)SC(=CC(Cl)=Cc2ccccc2)C1=O. The Morgan fingerprint density at radius 1 is 1.27 bits per heavy atom. The van der Waals surface area contributed by atoms with Crippen molar-refractivity contribution in [3.05, 3.63) is 51.9 Å². The van der Waals surface area contributed by atoms with Crippen molar-refractivity contribution in [1.82, 2.24) is 4.90 Å². The molecule has 1 aliphatic rings. The summed E-state index contributed by atoms with van der Waals surface area (Å²) in [5.74, 6) is -1.58. The van der Waals surface area contributed by atoms with Gasteiger partial charge in [0.25, 0.3) is 11.1 Å². The van der Waals surface area contributed by atoms with E-state index in [-0.39, 0.29) is 17.9 Å². The molecule has 0 atom stereocenters. The van der Waals surface area contributed by atoms with E-state index in [0.29, 0.717) is 5.03 Å². The molecule has 7 heteroatoms. The highest BCUT2D eigenvalue weighted by atomic mass is 35.5. The Kier molecular flexibility index (Phi) is 5.41. The van der Waals surface area contributed by atoms with E-state index in [9.17, 15) is 14.4 Å². The first-order valence-corrected chi connectivity index (χ1v) is 7.56. The van der Waals surface area contributed by atoms with E-state index >= 15 is 0 Å². The number of halogens is 1. The van der Waals surface area contributed by atoms with E-state index in [2.05, 4.69) is 0 Å². The van der Waals surface area contributed by atoms with Crippen LogP contribution in [-0.4, -0.2) is 33.7 Å². The van der Waals surface area contributed by atoms with E-state index in [0.717, 1.165) is 22.2 Å². The van der Waals surface area contributed by atoms with Gasteiger partial charge >= 0.3 is 5.97 Å². The summed E-state index contributed by atoms with van der Waals surface area (Å²) in [6, 6.07) is 9.30. The number of carbonyl (C=O) groups is 3. The lowest BCUT2D eigenvalue weighted by Gasteiger charge is -2.09. The molecule has 2 rings (SSSR count). The van der Waals surface area contributed by atoms with Crippen LogP contribution in [0.3, 0.4) is 0 Å². The number of thioether (sulfide) groups is 1. The van der Waals surface area contributed by atoms with Gasteiger partial charge in [-0.1, -0.05) is 41.9 Å². The average molecular weight is 338 g/mol. The van der Waals surface area contributed by atoms with E-state index in [1.807, 2.05) is 30.3 Å². The van der Waals surface area contributed by atoms with Gasteiger partial charge in [-0.05, 0) is 29.5 Å². The highest BCUT2D eigenvalue weighted by molar-refractivity contribution is 8.18. The number of allylic oxidation sites excluding steroid dienone is 2. The number of benzene rings is 1. The molecular formula is C15H12ClNO4S. The second-order valence-electron chi connectivity index (χ2n) is 4.42. The molecular weight excluding hydrogens is 326 g/mol.